The Labute approximate surface area is 172 Å². The molecule has 0 bridgehead atoms. The van der Waals surface area contributed by atoms with E-state index in [0.29, 0.717) is 42.9 Å². The number of nitrogens with two attached hydrogens (primary N) is 1. The van der Waals surface area contributed by atoms with E-state index in [9.17, 15) is 13.2 Å². The molecule has 3 heterocycles. The van der Waals surface area contributed by atoms with E-state index in [1.165, 1.54) is 0 Å². The lowest BCUT2D eigenvalue weighted by Gasteiger charge is -2.33. The van der Waals surface area contributed by atoms with Crippen LogP contribution in [0.15, 0.2) is 16.3 Å². The molecule has 1 aromatic heterocycles. The largest absolute Gasteiger partial charge is 0.338 e. The quantitative estimate of drug-likeness (QED) is 0.788. The molecule has 6 nitrogen and oxygen atoms in total. The highest BCUT2D eigenvalue weighted by atomic mass is 35.5. The van der Waals surface area contributed by atoms with Gasteiger partial charge in [-0.2, -0.15) is 4.31 Å². The number of piperidine rings is 2. The zero-order valence-electron chi connectivity index (χ0n) is 16.0. The predicted octanol–water partition coefficient (Wildman–Crippen LogP) is 2.79. The van der Waals surface area contributed by atoms with Gasteiger partial charge < -0.3 is 10.6 Å². The number of carbonyl (C=O) groups excluding carboxylic acids is 1. The first kappa shape index (κ1) is 22.6. The Balaban J connectivity index is 0.00000261. The maximum atomic E-state index is 12.8. The van der Waals surface area contributed by atoms with Gasteiger partial charge in [0.2, 0.25) is 0 Å². The third kappa shape index (κ3) is 5.03. The number of halogens is 1. The summed E-state index contributed by atoms with van der Waals surface area (Å²) < 4.78 is 27.5. The van der Waals surface area contributed by atoms with Crippen LogP contribution in [0, 0.1) is 11.8 Å². The highest BCUT2D eigenvalue weighted by molar-refractivity contribution is 7.91. The summed E-state index contributed by atoms with van der Waals surface area (Å²) >= 11 is 1.10. The average Bonchev–Trinajstić information content (AvgIpc) is 3.12. The summed E-state index contributed by atoms with van der Waals surface area (Å²) in [6.45, 7) is 6.68. The molecule has 1 amide bonds. The molecule has 2 aliphatic rings. The summed E-state index contributed by atoms with van der Waals surface area (Å²) in [6, 6.07) is 3.39. The van der Waals surface area contributed by atoms with Crippen LogP contribution in [-0.2, 0) is 10.0 Å². The topological polar surface area (TPSA) is 83.7 Å². The van der Waals surface area contributed by atoms with Crippen molar-refractivity contribution in [1.82, 2.24) is 9.21 Å². The molecule has 2 N–H and O–H groups in total. The first-order valence-electron chi connectivity index (χ1n) is 9.44. The normalized spacial score (nSPS) is 21.7. The molecule has 1 atom stereocenters. The standard InChI is InChI=1S/C18H29N3O3S2.ClH/c1-13-5-11-21(12-6-13)26(23,24)17-4-3-16(25-17)18(22)20-9-7-15(8-10-20)14(2)19;/h3-4,13-15H,5-12,19H2,1-2H3;1H. The van der Waals surface area contributed by atoms with Crippen molar-refractivity contribution in [3.05, 3.63) is 17.0 Å². The van der Waals surface area contributed by atoms with Gasteiger partial charge in [-0.3, -0.25) is 4.79 Å². The molecule has 154 valence electrons. The Morgan fingerprint density at radius 2 is 1.74 bits per heavy atom. The molecule has 9 heteroatoms. The third-order valence-corrected chi connectivity index (χ3v) is 9.14. The van der Waals surface area contributed by atoms with E-state index in [-0.39, 0.29) is 28.6 Å². The summed E-state index contributed by atoms with van der Waals surface area (Å²) in [5.41, 5.74) is 5.96. The van der Waals surface area contributed by atoms with Gasteiger partial charge in [0, 0.05) is 32.2 Å². The van der Waals surface area contributed by atoms with Crippen molar-refractivity contribution in [2.75, 3.05) is 26.2 Å². The number of hydrogen-bond donors (Lipinski definition) is 1. The van der Waals surface area contributed by atoms with Gasteiger partial charge in [0.05, 0.1) is 4.88 Å². The van der Waals surface area contributed by atoms with Crippen molar-refractivity contribution in [2.24, 2.45) is 17.6 Å². The SMILES string of the molecule is CC1CCN(S(=O)(=O)c2ccc(C(=O)N3CCC(C(C)N)CC3)s2)CC1.Cl. The molecule has 1 unspecified atom stereocenters. The molecule has 27 heavy (non-hydrogen) atoms. The number of amides is 1. The van der Waals surface area contributed by atoms with Crippen LogP contribution in [0.5, 0.6) is 0 Å². The van der Waals surface area contributed by atoms with Crippen LogP contribution in [0.1, 0.15) is 49.2 Å². The number of carbonyl (C=O) groups is 1. The smallest absolute Gasteiger partial charge is 0.263 e. The van der Waals surface area contributed by atoms with Crippen LogP contribution < -0.4 is 5.73 Å². The summed E-state index contributed by atoms with van der Waals surface area (Å²) in [5.74, 6) is 0.966. The Hall–Kier alpha value is -0.670. The first-order chi connectivity index (χ1) is 12.3. The lowest BCUT2D eigenvalue weighted by atomic mass is 9.91. The second-order valence-electron chi connectivity index (χ2n) is 7.69. The van der Waals surface area contributed by atoms with Crippen molar-refractivity contribution < 1.29 is 13.2 Å². The van der Waals surface area contributed by atoms with Gasteiger partial charge in [-0.15, -0.1) is 23.7 Å². The second-order valence-corrected chi connectivity index (χ2v) is 10.9. The average molecular weight is 436 g/mol. The molecule has 2 aliphatic heterocycles. The molecule has 0 spiro atoms. The number of thiophene rings is 1. The van der Waals surface area contributed by atoms with Crippen molar-refractivity contribution in [3.8, 4) is 0 Å². The van der Waals surface area contributed by atoms with E-state index >= 15 is 0 Å². The van der Waals surface area contributed by atoms with Gasteiger partial charge in [-0.05, 0) is 56.6 Å². The van der Waals surface area contributed by atoms with E-state index in [1.54, 1.807) is 16.4 Å². The molecule has 0 aliphatic carbocycles. The van der Waals surface area contributed by atoms with Gasteiger partial charge in [0.1, 0.15) is 4.21 Å². The van der Waals surface area contributed by atoms with E-state index in [0.717, 1.165) is 37.0 Å². The number of likely N-dealkylation sites (tertiary alicyclic amines) is 1. The molecular weight excluding hydrogens is 406 g/mol. The monoisotopic (exact) mass is 435 g/mol. The highest BCUT2D eigenvalue weighted by Crippen LogP contribution is 2.30. The molecule has 0 saturated carbocycles. The minimum absolute atomic E-state index is 0. The molecule has 2 saturated heterocycles. The van der Waals surface area contributed by atoms with Gasteiger partial charge in [-0.25, -0.2) is 8.42 Å². The van der Waals surface area contributed by atoms with Crippen molar-refractivity contribution >= 4 is 39.7 Å². The van der Waals surface area contributed by atoms with Crippen molar-refractivity contribution in [3.63, 3.8) is 0 Å². The molecule has 1 aromatic rings. The van der Waals surface area contributed by atoms with E-state index in [1.807, 2.05) is 11.8 Å². The highest BCUT2D eigenvalue weighted by Gasteiger charge is 2.31. The van der Waals surface area contributed by atoms with Gasteiger partial charge in [0.15, 0.2) is 0 Å². The number of sulfonamides is 1. The minimum atomic E-state index is -3.48. The van der Waals surface area contributed by atoms with Crippen molar-refractivity contribution in [2.45, 2.75) is 49.8 Å². The van der Waals surface area contributed by atoms with Crippen LogP contribution >= 0.6 is 23.7 Å². The fourth-order valence-electron chi connectivity index (χ4n) is 3.71. The first-order valence-corrected chi connectivity index (χ1v) is 11.7. The lowest BCUT2D eigenvalue weighted by molar-refractivity contribution is 0.0686. The fraction of sp³-hybridized carbons (Fsp3) is 0.722. The zero-order valence-corrected chi connectivity index (χ0v) is 18.4. The van der Waals surface area contributed by atoms with Crippen LogP contribution in [-0.4, -0.2) is 55.8 Å². The maximum absolute atomic E-state index is 12.8. The summed E-state index contributed by atoms with van der Waals surface area (Å²) in [6.07, 6.45) is 3.60. The fourth-order valence-corrected chi connectivity index (χ4v) is 6.61. The summed E-state index contributed by atoms with van der Waals surface area (Å²) in [5, 5.41) is 0. The molecular formula is C18H30ClN3O3S2. The molecule has 2 fully saturated rings. The van der Waals surface area contributed by atoms with E-state index < -0.39 is 10.0 Å². The number of hydrogen-bond acceptors (Lipinski definition) is 5. The Bertz CT molecular complexity index is 735. The van der Waals surface area contributed by atoms with Gasteiger partial charge in [0.25, 0.3) is 15.9 Å². The van der Waals surface area contributed by atoms with Crippen LogP contribution in [0.4, 0.5) is 0 Å². The summed E-state index contributed by atoms with van der Waals surface area (Å²) in [7, 11) is -3.48. The minimum Gasteiger partial charge on any atom is -0.338 e. The second kappa shape index (κ2) is 9.22. The van der Waals surface area contributed by atoms with Crippen LogP contribution in [0.25, 0.3) is 0 Å². The molecule has 3 rings (SSSR count). The summed E-state index contributed by atoms with van der Waals surface area (Å²) in [4.78, 5) is 15.1. The Morgan fingerprint density at radius 1 is 1.15 bits per heavy atom. The third-order valence-electron chi connectivity index (χ3n) is 5.70. The van der Waals surface area contributed by atoms with Crippen molar-refractivity contribution in [1.29, 1.82) is 0 Å². The van der Waals surface area contributed by atoms with Crippen LogP contribution in [0.2, 0.25) is 0 Å². The lowest BCUT2D eigenvalue weighted by Crippen LogP contribution is -2.42. The number of rotatable bonds is 4. The van der Waals surface area contributed by atoms with E-state index in [4.69, 9.17) is 5.73 Å². The Kier molecular flexibility index (Phi) is 7.72. The molecule has 0 radical (unpaired) electrons. The van der Waals surface area contributed by atoms with Gasteiger partial charge in [-0.1, -0.05) is 6.92 Å². The van der Waals surface area contributed by atoms with E-state index in [2.05, 4.69) is 6.92 Å². The zero-order chi connectivity index (χ0) is 18.9. The number of nitrogens with zero attached hydrogens (tertiary/aromatic N) is 2. The molecule has 0 aromatic carbocycles. The Morgan fingerprint density at radius 3 is 2.30 bits per heavy atom. The van der Waals surface area contributed by atoms with Gasteiger partial charge >= 0.3 is 0 Å². The maximum Gasteiger partial charge on any atom is 0.263 e. The predicted molar refractivity (Wildman–Crippen MR) is 111 cm³/mol. The van der Waals surface area contributed by atoms with Crippen LogP contribution in [0.3, 0.4) is 0 Å².